The molecule has 0 aliphatic heterocycles. The van der Waals surface area contributed by atoms with Crippen LogP contribution in [-0.4, -0.2) is 86.9 Å². The summed E-state index contributed by atoms with van der Waals surface area (Å²) in [6, 6.07) is 1.74. The number of nitrogens with zero attached hydrogens (tertiary/aromatic N) is 1. The lowest BCUT2D eigenvalue weighted by molar-refractivity contribution is -0.117. The zero-order chi connectivity index (χ0) is 21.8. The summed E-state index contributed by atoms with van der Waals surface area (Å²) in [7, 11) is 1.41. The largest absolute Gasteiger partial charge is 0.394 e. The van der Waals surface area contributed by atoms with E-state index in [9.17, 15) is 30.0 Å². The smallest absolute Gasteiger partial charge is 0.255 e. The molecule has 0 radical (unpaired) electrons. The lowest BCUT2D eigenvalue weighted by atomic mass is 10.0. The minimum atomic E-state index is -1.77. The van der Waals surface area contributed by atoms with Crippen molar-refractivity contribution >= 4 is 85.3 Å². The van der Waals surface area contributed by atoms with E-state index in [2.05, 4.69) is 27.9 Å². The van der Waals surface area contributed by atoms with E-state index in [0.29, 0.717) is 18.4 Å². The molecule has 0 saturated heterocycles. The molecule has 0 spiro atoms. The Morgan fingerprint density at radius 3 is 2.11 bits per heavy atom. The van der Waals surface area contributed by atoms with E-state index < -0.39 is 36.9 Å². The molecule has 6 N–H and O–H groups in total. The highest BCUT2D eigenvalue weighted by Crippen LogP contribution is 2.32. The standard InChI is InChI=1S/C16H21I3N2O7/c1-6(23)20-13-8(18)3-7(17)11(12(13)19)16(28)21(2)4-9(24)14(26)15(27)10(25)5-22/h3,9-10,14-15,22,24-27H,4-5H2,1-2H3,(H,20,23)/t9-,10+,14+,15+/m0/s1. The Kier molecular flexibility index (Phi) is 10.8. The second-order valence-electron chi connectivity index (χ2n) is 6.07. The molecule has 0 saturated carbocycles. The highest BCUT2D eigenvalue weighted by molar-refractivity contribution is 14.1. The number of hydrogen-bond acceptors (Lipinski definition) is 7. The van der Waals surface area contributed by atoms with Gasteiger partial charge in [-0.25, -0.2) is 0 Å². The molecule has 0 heterocycles. The van der Waals surface area contributed by atoms with E-state index in [0.717, 1.165) is 8.47 Å². The average molecular weight is 734 g/mol. The van der Waals surface area contributed by atoms with Crippen LogP contribution in [-0.2, 0) is 4.79 Å². The third-order valence-electron chi connectivity index (χ3n) is 3.82. The van der Waals surface area contributed by atoms with Crippen molar-refractivity contribution in [3.63, 3.8) is 0 Å². The van der Waals surface area contributed by atoms with Crippen molar-refractivity contribution in [2.75, 3.05) is 25.5 Å². The number of nitrogens with one attached hydrogen (secondary N) is 1. The molecule has 1 aromatic carbocycles. The number of carbonyl (C=O) groups excluding carboxylic acids is 2. The van der Waals surface area contributed by atoms with Crippen LogP contribution in [0.1, 0.15) is 17.3 Å². The summed E-state index contributed by atoms with van der Waals surface area (Å²) < 4.78 is 1.94. The molecule has 0 fully saturated rings. The summed E-state index contributed by atoms with van der Waals surface area (Å²) in [6.07, 6.45) is -6.71. The van der Waals surface area contributed by atoms with Crippen LogP contribution >= 0.6 is 67.8 Å². The Morgan fingerprint density at radius 1 is 1.07 bits per heavy atom. The normalized spacial score (nSPS) is 15.5. The predicted octanol–water partition coefficient (Wildman–Crippen LogP) is -0.0333. The van der Waals surface area contributed by atoms with Crippen LogP contribution < -0.4 is 5.32 Å². The van der Waals surface area contributed by atoms with Gasteiger partial charge in [0.15, 0.2) is 0 Å². The molecule has 1 rings (SSSR count). The molecule has 0 unspecified atom stereocenters. The van der Waals surface area contributed by atoms with E-state index in [4.69, 9.17) is 5.11 Å². The van der Waals surface area contributed by atoms with E-state index >= 15 is 0 Å². The maximum atomic E-state index is 12.9. The monoisotopic (exact) mass is 734 g/mol. The van der Waals surface area contributed by atoms with Crippen molar-refractivity contribution in [1.29, 1.82) is 0 Å². The van der Waals surface area contributed by atoms with Crippen molar-refractivity contribution < 1.29 is 35.1 Å². The Bertz CT molecular complexity index is 735. The Balaban J connectivity index is 3.06. The minimum Gasteiger partial charge on any atom is -0.394 e. The topological polar surface area (TPSA) is 151 Å². The number of amides is 2. The van der Waals surface area contributed by atoms with Gasteiger partial charge in [0.1, 0.15) is 24.4 Å². The fraction of sp³-hybridized carbons (Fsp3) is 0.500. The molecule has 0 aromatic heterocycles. The molecule has 9 nitrogen and oxygen atoms in total. The van der Waals surface area contributed by atoms with Crippen molar-refractivity contribution in [2.45, 2.75) is 31.3 Å². The highest BCUT2D eigenvalue weighted by atomic mass is 127. The first-order valence-electron chi connectivity index (χ1n) is 7.96. The van der Waals surface area contributed by atoms with Gasteiger partial charge in [0, 0.05) is 27.7 Å². The number of likely N-dealkylation sites (N-methyl/N-ethyl adjacent to an activating group) is 1. The van der Waals surface area contributed by atoms with Crippen LogP contribution in [0.25, 0.3) is 0 Å². The summed E-state index contributed by atoms with van der Waals surface area (Å²) in [5.74, 6) is -0.737. The Labute approximate surface area is 202 Å². The molecule has 0 aliphatic carbocycles. The summed E-state index contributed by atoms with van der Waals surface area (Å²) in [5, 5.41) is 50.6. The van der Waals surface area contributed by atoms with Crippen LogP contribution in [0.2, 0.25) is 0 Å². The first-order chi connectivity index (χ1) is 12.9. The summed E-state index contributed by atoms with van der Waals surface area (Å²) in [6.45, 7) is 0.245. The van der Waals surface area contributed by atoms with Gasteiger partial charge < -0.3 is 35.7 Å². The number of hydrogen-bond donors (Lipinski definition) is 6. The van der Waals surface area contributed by atoms with E-state index in [-0.39, 0.29) is 12.5 Å². The maximum absolute atomic E-state index is 12.9. The molecular weight excluding hydrogens is 713 g/mol. The SMILES string of the molecule is CC(=O)Nc1c(I)cc(I)c(C(=O)N(C)C[C@H](O)[C@@H](O)[C@H](O)[C@H](O)CO)c1I. The summed E-state index contributed by atoms with van der Waals surface area (Å²) in [5.41, 5.74) is 0.832. The minimum absolute atomic E-state index is 0.279. The molecule has 2 amide bonds. The first kappa shape index (κ1) is 26.2. The quantitative estimate of drug-likeness (QED) is 0.206. The van der Waals surface area contributed by atoms with Crippen molar-refractivity contribution in [3.05, 3.63) is 22.3 Å². The number of aliphatic hydroxyl groups is 5. The Hall–Kier alpha value is 0.150. The van der Waals surface area contributed by atoms with Gasteiger partial charge in [-0.3, -0.25) is 9.59 Å². The van der Waals surface area contributed by atoms with Crippen molar-refractivity contribution in [1.82, 2.24) is 4.90 Å². The van der Waals surface area contributed by atoms with Gasteiger partial charge in [-0.1, -0.05) is 0 Å². The lowest BCUT2D eigenvalue weighted by Gasteiger charge is -2.29. The van der Waals surface area contributed by atoms with Gasteiger partial charge in [-0.2, -0.15) is 0 Å². The summed E-state index contributed by atoms with van der Waals surface area (Å²) in [4.78, 5) is 25.5. The molecule has 28 heavy (non-hydrogen) atoms. The summed E-state index contributed by atoms with van der Waals surface area (Å²) >= 11 is 6.01. The fourth-order valence-electron chi connectivity index (χ4n) is 2.30. The fourth-order valence-corrected chi connectivity index (χ4v) is 6.40. The first-order valence-corrected chi connectivity index (χ1v) is 11.2. The third-order valence-corrected chi connectivity index (χ3v) is 6.60. The number of halogens is 3. The number of aliphatic hydroxyl groups excluding tert-OH is 5. The van der Waals surface area contributed by atoms with Crippen molar-refractivity contribution in [3.8, 4) is 0 Å². The average Bonchev–Trinajstić information content (AvgIpc) is 2.62. The molecule has 0 bridgehead atoms. The highest BCUT2D eigenvalue weighted by Gasteiger charge is 2.32. The molecule has 4 atom stereocenters. The van der Waals surface area contributed by atoms with Crippen LogP contribution in [0.15, 0.2) is 6.07 Å². The van der Waals surface area contributed by atoms with Gasteiger partial charge in [0.05, 0.1) is 21.4 Å². The lowest BCUT2D eigenvalue weighted by Crippen LogP contribution is -2.50. The van der Waals surface area contributed by atoms with Crippen LogP contribution in [0.5, 0.6) is 0 Å². The molecular formula is C16H21I3N2O7. The molecule has 0 aliphatic rings. The number of rotatable bonds is 8. The van der Waals surface area contributed by atoms with Gasteiger partial charge in [0.2, 0.25) is 5.91 Å². The van der Waals surface area contributed by atoms with E-state index in [1.807, 2.05) is 45.2 Å². The van der Waals surface area contributed by atoms with Crippen LogP contribution in [0.3, 0.4) is 0 Å². The van der Waals surface area contributed by atoms with Gasteiger partial charge >= 0.3 is 0 Å². The zero-order valence-corrected chi connectivity index (χ0v) is 21.4. The van der Waals surface area contributed by atoms with Gasteiger partial charge in [0.25, 0.3) is 5.91 Å². The number of benzene rings is 1. The van der Waals surface area contributed by atoms with Crippen LogP contribution in [0, 0.1) is 10.7 Å². The Morgan fingerprint density at radius 2 is 1.61 bits per heavy atom. The predicted molar refractivity (Wildman–Crippen MR) is 127 cm³/mol. The molecule has 158 valence electrons. The van der Waals surface area contributed by atoms with E-state index in [1.165, 1.54) is 14.0 Å². The van der Waals surface area contributed by atoms with Gasteiger partial charge in [-0.15, -0.1) is 0 Å². The zero-order valence-electron chi connectivity index (χ0n) is 14.9. The second-order valence-corrected chi connectivity index (χ2v) is 9.47. The van der Waals surface area contributed by atoms with Crippen LogP contribution in [0.4, 0.5) is 5.69 Å². The van der Waals surface area contributed by atoms with Gasteiger partial charge in [-0.05, 0) is 73.8 Å². The second kappa shape index (κ2) is 11.5. The molecule has 1 aromatic rings. The number of carbonyl (C=O) groups is 2. The van der Waals surface area contributed by atoms with E-state index in [1.54, 1.807) is 6.07 Å². The molecule has 12 heteroatoms. The third kappa shape index (κ3) is 6.58. The number of anilines is 1. The maximum Gasteiger partial charge on any atom is 0.255 e. The van der Waals surface area contributed by atoms with Crippen molar-refractivity contribution in [2.24, 2.45) is 0 Å².